The van der Waals surface area contributed by atoms with Crippen molar-refractivity contribution in [3.63, 3.8) is 0 Å². The van der Waals surface area contributed by atoms with Gasteiger partial charge in [-0.05, 0) is 49.4 Å². The van der Waals surface area contributed by atoms with Gasteiger partial charge < -0.3 is 0 Å². The molecule has 0 bridgehead atoms. The van der Waals surface area contributed by atoms with E-state index in [9.17, 15) is 9.18 Å². The molecule has 1 aromatic carbocycles. The van der Waals surface area contributed by atoms with Crippen molar-refractivity contribution in [2.24, 2.45) is 11.8 Å². The number of halogens is 1. The molecule has 1 saturated carbocycles. The Hall–Kier alpha value is -1.18. The SMILES string of the molecule is CCC1CCCC(C(=O)c2ccc(F)c(C)c2)C1. The van der Waals surface area contributed by atoms with Gasteiger partial charge in [0.15, 0.2) is 5.78 Å². The maximum atomic E-state index is 13.2. The van der Waals surface area contributed by atoms with Crippen molar-refractivity contribution in [3.05, 3.63) is 35.1 Å². The highest BCUT2D eigenvalue weighted by Crippen LogP contribution is 2.33. The predicted molar refractivity (Wildman–Crippen MR) is 71.2 cm³/mol. The van der Waals surface area contributed by atoms with Gasteiger partial charge in [0.1, 0.15) is 5.82 Å². The molecule has 0 heterocycles. The summed E-state index contributed by atoms with van der Waals surface area (Å²) >= 11 is 0. The van der Waals surface area contributed by atoms with Gasteiger partial charge in [0, 0.05) is 11.5 Å². The molecule has 2 rings (SSSR count). The van der Waals surface area contributed by atoms with Crippen LogP contribution in [-0.4, -0.2) is 5.78 Å². The van der Waals surface area contributed by atoms with Gasteiger partial charge in [0.2, 0.25) is 0 Å². The highest BCUT2D eigenvalue weighted by atomic mass is 19.1. The summed E-state index contributed by atoms with van der Waals surface area (Å²) in [5, 5.41) is 0. The fourth-order valence-electron chi connectivity index (χ4n) is 2.93. The lowest BCUT2D eigenvalue weighted by Crippen LogP contribution is -2.23. The first-order chi connectivity index (χ1) is 8.61. The van der Waals surface area contributed by atoms with Gasteiger partial charge in [-0.2, -0.15) is 0 Å². The van der Waals surface area contributed by atoms with Gasteiger partial charge in [-0.3, -0.25) is 4.79 Å². The van der Waals surface area contributed by atoms with E-state index in [0.29, 0.717) is 17.0 Å². The van der Waals surface area contributed by atoms with Crippen LogP contribution in [0.4, 0.5) is 4.39 Å². The summed E-state index contributed by atoms with van der Waals surface area (Å²) in [5.74, 6) is 0.806. The van der Waals surface area contributed by atoms with E-state index in [2.05, 4.69) is 6.92 Å². The number of hydrogen-bond donors (Lipinski definition) is 0. The van der Waals surface area contributed by atoms with Crippen LogP contribution in [0.3, 0.4) is 0 Å². The number of ketones is 1. The second-order valence-electron chi connectivity index (χ2n) is 5.47. The van der Waals surface area contributed by atoms with E-state index in [-0.39, 0.29) is 17.5 Å². The molecular formula is C16H21FO. The lowest BCUT2D eigenvalue weighted by atomic mass is 9.77. The maximum Gasteiger partial charge on any atom is 0.165 e. The Kier molecular flexibility index (Phi) is 4.15. The highest BCUT2D eigenvalue weighted by Gasteiger charge is 2.27. The lowest BCUT2D eigenvalue weighted by molar-refractivity contribution is 0.0862. The monoisotopic (exact) mass is 248 g/mol. The van der Waals surface area contributed by atoms with E-state index < -0.39 is 0 Å². The summed E-state index contributed by atoms with van der Waals surface area (Å²) in [6.45, 7) is 3.90. The molecule has 98 valence electrons. The molecule has 1 aliphatic carbocycles. The van der Waals surface area contributed by atoms with Crippen LogP contribution < -0.4 is 0 Å². The number of rotatable bonds is 3. The molecule has 2 unspecified atom stereocenters. The van der Waals surface area contributed by atoms with Crippen molar-refractivity contribution in [2.75, 3.05) is 0 Å². The molecule has 0 spiro atoms. The third-order valence-electron chi connectivity index (χ3n) is 4.17. The molecule has 1 aliphatic rings. The van der Waals surface area contributed by atoms with Crippen LogP contribution in [0.5, 0.6) is 0 Å². The van der Waals surface area contributed by atoms with E-state index in [1.165, 1.54) is 12.5 Å². The standard InChI is InChI=1S/C16H21FO/c1-3-12-5-4-6-13(10-12)16(18)14-7-8-15(17)11(2)9-14/h7-9,12-13H,3-6,10H2,1-2H3. The number of carbonyl (C=O) groups is 1. The molecule has 0 amide bonds. The Balaban J connectivity index is 2.12. The van der Waals surface area contributed by atoms with Crippen LogP contribution in [0.2, 0.25) is 0 Å². The number of hydrogen-bond acceptors (Lipinski definition) is 1. The summed E-state index contributed by atoms with van der Waals surface area (Å²) in [6, 6.07) is 4.72. The molecule has 2 heteroatoms. The Morgan fingerprint density at radius 3 is 2.83 bits per heavy atom. The van der Waals surface area contributed by atoms with E-state index in [1.807, 2.05) is 0 Å². The summed E-state index contributed by atoms with van der Waals surface area (Å²) in [6.07, 6.45) is 5.56. The van der Waals surface area contributed by atoms with Crippen LogP contribution in [-0.2, 0) is 0 Å². The molecule has 18 heavy (non-hydrogen) atoms. The molecule has 0 aliphatic heterocycles. The summed E-state index contributed by atoms with van der Waals surface area (Å²) in [4.78, 5) is 12.4. The second-order valence-corrected chi connectivity index (χ2v) is 5.47. The van der Waals surface area contributed by atoms with E-state index in [0.717, 1.165) is 25.7 Å². The third kappa shape index (κ3) is 2.80. The largest absolute Gasteiger partial charge is 0.294 e. The van der Waals surface area contributed by atoms with Gasteiger partial charge in [-0.1, -0.05) is 26.2 Å². The molecule has 0 saturated heterocycles. The first-order valence-electron chi connectivity index (χ1n) is 6.92. The van der Waals surface area contributed by atoms with Crippen LogP contribution in [0.25, 0.3) is 0 Å². The number of Topliss-reactive ketones (excluding diaryl/α,β-unsaturated/α-hetero) is 1. The fraction of sp³-hybridized carbons (Fsp3) is 0.562. The minimum Gasteiger partial charge on any atom is -0.294 e. The Labute approximate surface area is 108 Å². The second kappa shape index (κ2) is 5.64. The molecule has 0 aromatic heterocycles. The zero-order valence-corrected chi connectivity index (χ0v) is 11.2. The van der Waals surface area contributed by atoms with Crippen LogP contribution >= 0.6 is 0 Å². The van der Waals surface area contributed by atoms with E-state index >= 15 is 0 Å². The molecule has 1 aromatic rings. The van der Waals surface area contributed by atoms with Crippen LogP contribution in [0.1, 0.15) is 54.9 Å². The van der Waals surface area contributed by atoms with Gasteiger partial charge in [0.05, 0.1) is 0 Å². The van der Waals surface area contributed by atoms with Crippen LogP contribution in [0, 0.1) is 24.6 Å². The third-order valence-corrected chi connectivity index (χ3v) is 4.17. The molecular weight excluding hydrogens is 227 g/mol. The summed E-state index contributed by atoms with van der Waals surface area (Å²) in [7, 11) is 0. The van der Waals surface area contributed by atoms with Crippen molar-refractivity contribution in [1.82, 2.24) is 0 Å². The topological polar surface area (TPSA) is 17.1 Å². The minimum absolute atomic E-state index is 0.147. The average Bonchev–Trinajstić information content (AvgIpc) is 2.41. The molecule has 0 N–H and O–H groups in total. The zero-order valence-electron chi connectivity index (χ0n) is 11.2. The van der Waals surface area contributed by atoms with Crippen molar-refractivity contribution < 1.29 is 9.18 Å². The van der Waals surface area contributed by atoms with E-state index in [4.69, 9.17) is 0 Å². The van der Waals surface area contributed by atoms with Gasteiger partial charge in [-0.15, -0.1) is 0 Å². The fourth-order valence-corrected chi connectivity index (χ4v) is 2.93. The minimum atomic E-state index is -0.235. The summed E-state index contributed by atoms with van der Waals surface area (Å²) in [5.41, 5.74) is 1.24. The highest BCUT2D eigenvalue weighted by molar-refractivity contribution is 5.98. The predicted octanol–water partition coefficient (Wildman–Crippen LogP) is 4.53. The van der Waals surface area contributed by atoms with Crippen molar-refractivity contribution in [3.8, 4) is 0 Å². The molecule has 0 radical (unpaired) electrons. The number of benzene rings is 1. The number of aryl methyl sites for hydroxylation is 1. The smallest absolute Gasteiger partial charge is 0.165 e. The average molecular weight is 248 g/mol. The maximum absolute atomic E-state index is 13.2. The van der Waals surface area contributed by atoms with E-state index in [1.54, 1.807) is 19.1 Å². The normalized spacial score (nSPS) is 23.9. The van der Waals surface area contributed by atoms with Crippen LogP contribution in [0.15, 0.2) is 18.2 Å². The molecule has 1 nitrogen and oxygen atoms in total. The molecule has 1 fully saturated rings. The Morgan fingerprint density at radius 1 is 1.39 bits per heavy atom. The van der Waals surface area contributed by atoms with Crippen molar-refractivity contribution in [2.45, 2.75) is 46.0 Å². The first-order valence-corrected chi connectivity index (χ1v) is 6.92. The van der Waals surface area contributed by atoms with Gasteiger partial charge >= 0.3 is 0 Å². The lowest BCUT2D eigenvalue weighted by Gasteiger charge is -2.27. The zero-order chi connectivity index (χ0) is 13.1. The molecule has 2 atom stereocenters. The quantitative estimate of drug-likeness (QED) is 0.718. The Morgan fingerprint density at radius 2 is 2.17 bits per heavy atom. The summed E-state index contributed by atoms with van der Waals surface area (Å²) < 4.78 is 13.2. The number of carbonyl (C=O) groups excluding carboxylic acids is 1. The van der Waals surface area contributed by atoms with Gasteiger partial charge in [0.25, 0.3) is 0 Å². The van der Waals surface area contributed by atoms with Crippen molar-refractivity contribution >= 4 is 5.78 Å². The first kappa shape index (κ1) is 13.3. The van der Waals surface area contributed by atoms with Crippen molar-refractivity contribution in [1.29, 1.82) is 0 Å². The Bertz CT molecular complexity index is 439. The van der Waals surface area contributed by atoms with Gasteiger partial charge in [-0.25, -0.2) is 4.39 Å².